The SMILES string of the molecule is C/C=C(\C)C1(C2=C[C@H](C(=O)OC)N(C(=O)OC(C)(C)C)C2)CC1. The number of methoxy groups -OCH3 is 1. The van der Waals surface area contributed by atoms with Crippen LogP contribution < -0.4 is 0 Å². The molecular weight excluding hydrogens is 294 g/mol. The van der Waals surface area contributed by atoms with Crippen molar-refractivity contribution in [1.29, 1.82) is 0 Å². The summed E-state index contributed by atoms with van der Waals surface area (Å²) in [7, 11) is 1.34. The minimum Gasteiger partial charge on any atom is -0.467 e. The molecule has 23 heavy (non-hydrogen) atoms. The van der Waals surface area contributed by atoms with Crippen LogP contribution in [0.25, 0.3) is 0 Å². The number of esters is 1. The minimum absolute atomic E-state index is 0.0117. The highest BCUT2D eigenvalue weighted by Crippen LogP contribution is 2.58. The zero-order valence-corrected chi connectivity index (χ0v) is 14.9. The van der Waals surface area contributed by atoms with E-state index in [1.807, 2.05) is 33.8 Å². The van der Waals surface area contributed by atoms with Gasteiger partial charge in [0.2, 0.25) is 0 Å². The van der Waals surface area contributed by atoms with Crippen molar-refractivity contribution >= 4 is 12.1 Å². The van der Waals surface area contributed by atoms with Gasteiger partial charge < -0.3 is 9.47 Å². The van der Waals surface area contributed by atoms with E-state index in [2.05, 4.69) is 13.0 Å². The van der Waals surface area contributed by atoms with Gasteiger partial charge in [-0.3, -0.25) is 4.90 Å². The lowest BCUT2D eigenvalue weighted by Gasteiger charge is -2.28. The highest BCUT2D eigenvalue weighted by Gasteiger charge is 2.51. The average molecular weight is 321 g/mol. The quantitative estimate of drug-likeness (QED) is 0.590. The third kappa shape index (κ3) is 3.43. The maximum absolute atomic E-state index is 12.5. The van der Waals surface area contributed by atoms with Crippen LogP contribution in [0.1, 0.15) is 47.5 Å². The molecule has 1 atom stereocenters. The Hall–Kier alpha value is -1.78. The van der Waals surface area contributed by atoms with Gasteiger partial charge in [0.15, 0.2) is 6.04 Å². The molecule has 5 nitrogen and oxygen atoms in total. The Morgan fingerprint density at radius 1 is 1.35 bits per heavy atom. The summed E-state index contributed by atoms with van der Waals surface area (Å²) in [4.78, 5) is 26.0. The second kappa shape index (κ2) is 6.02. The Morgan fingerprint density at radius 2 is 1.96 bits per heavy atom. The lowest BCUT2D eigenvalue weighted by atomic mass is 9.88. The summed E-state index contributed by atoms with van der Waals surface area (Å²) in [5, 5.41) is 0. The van der Waals surface area contributed by atoms with Crippen molar-refractivity contribution in [3.05, 3.63) is 23.3 Å². The molecule has 2 aliphatic rings. The molecule has 0 aromatic carbocycles. The fourth-order valence-electron chi connectivity index (χ4n) is 3.11. The maximum Gasteiger partial charge on any atom is 0.411 e. The Kier molecular flexibility index (Phi) is 4.60. The summed E-state index contributed by atoms with van der Waals surface area (Å²) in [6, 6.07) is -0.702. The number of hydrogen-bond donors (Lipinski definition) is 0. The van der Waals surface area contributed by atoms with Crippen LogP contribution in [0.3, 0.4) is 0 Å². The summed E-state index contributed by atoms with van der Waals surface area (Å²) in [5.41, 5.74) is 1.82. The Bertz CT molecular complexity index is 564. The number of carbonyl (C=O) groups is 2. The van der Waals surface area contributed by atoms with E-state index in [0.29, 0.717) is 6.54 Å². The van der Waals surface area contributed by atoms with Crippen molar-refractivity contribution in [1.82, 2.24) is 4.90 Å². The van der Waals surface area contributed by atoms with Crippen molar-refractivity contribution in [3.63, 3.8) is 0 Å². The van der Waals surface area contributed by atoms with E-state index >= 15 is 0 Å². The molecule has 0 unspecified atom stereocenters. The molecule has 1 heterocycles. The first-order valence-corrected chi connectivity index (χ1v) is 8.06. The molecule has 0 spiro atoms. The first kappa shape index (κ1) is 17.6. The Morgan fingerprint density at radius 3 is 2.39 bits per heavy atom. The highest BCUT2D eigenvalue weighted by atomic mass is 16.6. The zero-order valence-electron chi connectivity index (χ0n) is 14.9. The van der Waals surface area contributed by atoms with Crippen LogP contribution in [0.5, 0.6) is 0 Å². The normalized spacial score (nSPS) is 23.4. The molecule has 1 aliphatic carbocycles. The van der Waals surface area contributed by atoms with Gasteiger partial charge >= 0.3 is 12.1 Å². The molecule has 5 heteroatoms. The van der Waals surface area contributed by atoms with Gasteiger partial charge in [-0.25, -0.2) is 9.59 Å². The first-order chi connectivity index (χ1) is 10.6. The van der Waals surface area contributed by atoms with E-state index < -0.39 is 23.7 Å². The van der Waals surface area contributed by atoms with E-state index in [-0.39, 0.29) is 5.41 Å². The van der Waals surface area contributed by atoms with Crippen LogP contribution >= 0.6 is 0 Å². The lowest BCUT2D eigenvalue weighted by Crippen LogP contribution is -2.44. The number of ether oxygens (including phenoxy) is 2. The molecule has 0 aromatic rings. The highest BCUT2D eigenvalue weighted by molar-refractivity contribution is 5.85. The Balaban J connectivity index is 2.26. The molecular formula is C18H27NO4. The molecule has 0 aromatic heterocycles. The molecule has 1 saturated carbocycles. The molecule has 0 N–H and O–H groups in total. The van der Waals surface area contributed by atoms with Gasteiger partial charge in [-0.15, -0.1) is 0 Å². The number of hydrogen-bond acceptors (Lipinski definition) is 4. The summed E-state index contributed by atoms with van der Waals surface area (Å²) < 4.78 is 10.3. The smallest absolute Gasteiger partial charge is 0.411 e. The molecule has 1 amide bonds. The van der Waals surface area contributed by atoms with Gasteiger partial charge in [-0.1, -0.05) is 11.6 Å². The van der Waals surface area contributed by atoms with Gasteiger partial charge in [0.05, 0.1) is 7.11 Å². The monoisotopic (exact) mass is 321 g/mol. The van der Waals surface area contributed by atoms with Crippen molar-refractivity contribution < 1.29 is 19.1 Å². The molecule has 2 rings (SSSR count). The van der Waals surface area contributed by atoms with Gasteiger partial charge in [0.25, 0.3) is 0 Å². The largest absolute Gasteiger partial charge is 0.467 e. The molecule has 0 saturated heterocycles. The van der Waals surface area contributed by atoms with Crippen LogP contribution in [-0.4, -0.2) is 42.3 Å². The van der Waals surface area contributed by atoms with E-state index in [9.17, 15) is 9.59 Å². The van der Waals surface area contributed by atoms with Crippen molar-refractivity contribution in [2.45, 2.75) is 59.1 Å². The average Bonchev–Trinajstić information content (AvgIpc) is 3.16. The van der Waals surface area contributed by atoms with E-state index in [0.717, 1.165) is 18.4 Å². The van der Waals surface area contributed by atoms with Crippen LogP contribution in [0.15, 0.2) is 23.3 Å². The van der Waals surface area contributed by atoms with Crippen LogP contribution in [0.2, 0.25) is 0 Å². The third-order valence-corrected chi connectivity index (χ3v) is 4.66. The van der Waals surface area contributed by atoms with E-state index in [4.69, 9.17) is 9.47 Å². The predicted octanol–water partition coefficient (Wildman–Crippen LogP) is 3.45. The number of amides is 1. The number of allylic oxidation sites excluding steroid dienone is 2. The molecule has 1 fully saturated rings. The first-order valence-electron chi connectivity index (χ1n) is 8.06. The fraction of sp³-hybridized carbons (Fsp3) is 0.667. The van der Waals surface area contributed by atoms with Crippen molar-refractivity contribution in [2.75, 3.05) is 13.7 Å². The van der Waals surface area contributed by atoms with Gasteiger partial charge in [-0.2, -0.15) is 0 Å². The number of carbonyl (C=O) groups excluding carboxylic acids is 2. The second-order valence-corrected chi connectivity index (χ2v) is 7.32. The van der Waals surface area contributed by atoms with E-state index in [1.165, 1.54) is 17.6 Å². The fourth-order valence-corrected chi connectivity index (χ4v) is 3.11. The number of nitrogens with zero attached hydrogens (tertiary/aromatic N) is 1. The van der Waals surface area contributed by atoms with Crippen molar-refractivity contribution in [2.24, 2.45) is 5.41 Å². The lowest BCUT2D eigenvalue weighted by molar-refractivity contribution is -0.144. The van der Waals surface area contributed by atoms with E-state index in [1.54, 1.807) is 0 Å². The summed E-state index contributed by atoms with van der Waals surface area (Å²) in [5.74, 6) is -0.431. The van der Waals surface area contributed by atoms with Crippen LogP contribution in [0, 0.1) is 5.41 Å². The van der Waals surface area contributed by atoms with Gasteiger partial charge in [0, 0.05) is 12.0 Å². The van der Waals surface area contributed by atoms with Crippen molar-refractivity contribution in [3.8, 4) is 0 Å². The van der Waals surface area contributed by atoms with Gasteiger partial charge in [0.1, 0.15) is 5.60 Å². The maximum atomic E-state index is 12.5. The van der Waals surface area contributed by atoms with Crippen LogP contribution in [-0.2, 0) is 14.3 Å². The number of rotatable bonds is 3. The van der Waals surface area contributed by atoms with Crippen LogP contribution in [0.4, 0.5) is 4.79 Å². The topological polar surface area (TPSA) is 55.8 Å². The van der Waals surface area contributed by atoms with Gasteiger partial charge in [-0.05, 0) is 59.1 Å². The molecule has 128 valence electrons. The third-order valence-electron chi connectivity index (χ3n) is 4.66. The zero-order chi connectivity index (χ0) is 17.4. The second-order valence-electron chi connectivity index (χ2n) is 7.32. The molecule has 0 bridgehead atoms. The molecule has 0 radical (unpaired) electrons. The minimum atomic E-state index is -0.702. The predicted molar refractivity (Wildman–Crippen MR) is 87.9 cm³/mol. The standard InChI is InChI=1S/C18H27NO4/c1-7-12(2)18(8-9-18)13-10-14(15(20)22-6)19(11-13)16(21)23-17(3,4)5/h7,10,14H,8-9,11H2,1-6H3/b12-7+/t14-/m1/s1. The summed E-state index contributed by atoms with van der Waals surface area (Å²) >= 11 is 0. The summed E-state index contributed by atoms with van der Waals surface area (Å²) in [6.45, 7) is 9.99. The summed E-state index contributed by atoms with van der Waals surface area (Å²) in [6.07, 6.45) is 5.64. The Labute approximate surface area is 138 Å². The molecule has 1 aliphatic heterocycles.